The van der Waals surface area contributed by atoms with Crippen molar-refractivity contribution < 1.29 is 4.42 Å². The summed E-state index contributed by atoms with van der Waals surface area (Å²) < 4.78 is 6.27. The fraction of sp³-hybridized carbons (Fsp3) is 0.0227. The fourth-order valence-electron chi connectivity index (χ4n) is 7.41. The van der Waals surface area contributed by atoms with Crippen molar-refractivity contribution in [2.75, 3.05) is 11.9 Å². The predicted molar refractivity (Wildman–Crippen MR) is 198 cm³/mol. The average Bonchev–Trinajstić information content (AvgIpc) is 3.53. The minimum atomic E-state index is 0.673. The Hall–Kier alpha value is -6.19. The number of aliphatic imine (C=N–C) groups is 1. The number of benzene rings is 8. The van der Waals surface area contributed by atoms with Gasteiger partial charge >= 0.3 is 0 Å². The van der Waals surface area contributed by atoms with E-state index in [2.05, 4.69) is 157 Å². The molecule has 0 saturated heterocycles. The van der Waals surface area contributed by atoms with Gasteiger partial charge in [0.05, 0.1) is 23.6 Å². The van der Waals surface area contributed by atoms with Crippen LogP contribution in [0, 0.1) is 0 Å². The molecule has 2 heterocycles. The van der Waals surface area contributed by atoms with Crippen molar-refractivity contribution in [3.05, 3.63) is 157 Å². The molecule has 0 aliphatic carbocycles. The number of fused-ring (bicyclic) bond motifs is 11. The highest BCUT2D eigenvalue weighted by Crippen LogP contribution is 2.44. The molecule has 220 valence electrons. The van der Waals surface area contributed by atoms with Gasteiger partial charge < -0.3 is 9.73 Å². The van der Waals surface area contributed by atoms with Gasteiger partial charge in [-0.05, 0) is 79.7 Å². The third-order valence-corrected chi connectivity index (χ3v) is 9.67. The summed E-state index contributed by atoms with van der Waals surface area (Å²) in [6, 6.07) is 54.1. The summed E-state index contributed by atoms with van der Waals surface area (Å²) in [5, 5.41) is 13.4. The topological polar surface area (TPSA) is 37.5 Å². The maximum absolute atomic E-state index is 6.27. The van der Waals surface area contributed by atoms with Crippen LogP contribution in [0.4, 0.5) is 11.4 Å². The van der Waals surface area contributed by atoms with E-state index in [0.29, 0.717) is 6.54 Å². The molecule has 9 aromatic rings. The van der Waals surface area contributed by atoms with Crippen molar-refractivity contribution in [3.8, 4) is 22.3 Å². The van der Waals surface area contributed by atoms with Crippen LogP contribution >= 0.6 is 0 Å². The largest absolute Gasteiger partial charge is 0.456 e. The van der Waals surface area contributed by atoms with E-state index in [1.807, 2.05) is 0 Å². The third-order valence-electron chi connectivity index (χ3n) is 9.67. The van der Waals surface area contributed by atoms with Crippen molar-refractivity contribution in [1.82, 2.24) is 0 Å². The molecule has 0 radical (unpaired) electrons. The lowest BCUT2D eigenvalue weighted by atomic mass is 9.95. The van der Waals surface area contributed by atoms with Gasteiger partial charge in [0.2, 0.25) is 0 Å². The highest BCUT2D eigenvalue weighted by molar-refractivity contribution is 6.23. The van der Waals surface area contributed by atoms with Crippen molar-refractivity contribution in [2.24, 2.45) is 4.99 Å². The Morgan fingerprint density at radius 1 is 0.447 bits per heavy atom. The van der Waals surface area contributed by atoms with E-state index < -0.39 is 0 Å². The predicted octanol–water partition coefficient (Wildman–Crippen LogP) is 11.9. The minimum Gasteiger partial charge on any atom is -0.456 e. The molecule has 0 atom stereocenters. The number of anilines is 1. The highest BCUT2D eigenvalue weighted by Gasteiger charge is 2.20. The molecule has 1 aliphatic heterocycles. The van der Waals surface area contributed by atoms with Gasteiger partial charge in [0.1, 0.15) is 11.2 Å². The molecule has 3 nitrogen and oxygen atoms in total. The van der Waals surface area contributed by atoms with Gasteiger partial charge in [-0.2, -0.15) is 0 Å². The number of hydrogen-bond acceptors (Lipinski definition) is 3. The van der Waals surface area contributed by atoms with E-state index in [1.54, 1.807) is 0 Å². The first-order chi connectivity index (χ1) is 23.3. The monoisotopic (exact) mass is 600 g/mol. The molecule has 8 aromatic carbocycles. The van der Waals surface area contributed by atoms with Crippen LogP contribution in [-0.4, -0.2) is 12.3 Å². The maximum atomic E-state index is 6.27. The second-order valence-corrected chi connectivity index (χ2v) is 12.4. The van der Waals surface area contributed by atoms with Gasteiger partial charge in [-0.25, -0.2) is 4.99 Å². The number of hydrogen-bond donors (Lipinski definition) is 1. The molecule has 47 heavy (non-hydrogen) atoms. The van der Waals surface area contributed by atoms with Crippen LogP contribution in [-0.2, 0) is 0 Å². The van der Waals surface area contributed by atoms with E-state index in [9.17, 15) is 0 Å². The van der Waals surface area contributed by atoms with Gasteiger partial charge in [-0.15, -0.1) is 0 Å². The molecule has 0 unspecified atom stereocenters. The van der Waals surface area contributed by atoms with Crippen LogP contribution in [0.15, 0.2) is 161 Å². The van der Waals surface area contributed by atoms with E-state index in [1.165, 1.54) is 60.0 Å². The standard InChI is InChI=1S/C44H28N2O/c1-2-14-33-27(9-1)19-22-41-42(33)38-25-31(20-21-40(38)47-41)29-11-7-10-28(23-29)30-12-8-13-32(24-30)39-26-45-43-36-17-5-3-15-34(36)35-16-4-6-18-37(35)44(43)46-39/h1-25,45H,26H2. The number of nitrogens with one attached hydrogen (secondary N) is 1. The van der Waals surface area contributed by atoms with Crippen molar-refractivity contribution in [2.45, 2.75) is 0 Å². The zero-order valence-corrected chi connectivity index (χ0v) is 25.5. The minimum absolute atomic E-state index is 0.673. The van der Waals surface area contributed by atoms with Crippen LogP contribution in [0.2, 0.25) is 0 Å². The molecule has 0 bridgehead atoms. The second-order valence-electron chi connectivity index (χ2n) is 12.4. The van der Waals surface area contributed by atoms with Crippen molar-refractivity contribution in [3.63, 3.8) is 0 Å². The zero-order chi connectivity index (χ0) is 30.9. The number of furan rings is 1. The zero-order valence-electron chi connectivity index (χ0n) is 25.5. The van der Waals surface area contributed by atoms with E-state index in [0.717, 1.165) is 39.2 Å². The Bertz CT molecular complexity index is 2750. The number of rotatable bonds is 3. The fourth-order valence-corrected chi connectivity index (χ4v) is 7.41. The smallest absolute Gasteiger partial charge is 0.136 e. The highest BCUT2D eigenvalue weighted by atomic mass is 16.3. The Morgan fingerprint density at radius 2 is 1.04 bits per heavy atom. The Kier molecular flexibility index (Phi) is 5.64. The molecule has 0 saturated carbocycles. The van der Waals surface area contributed by atoms with E-state index in [-0.39, 0.29) is 0 Å². The Labute approximate surface area is 271 Å². The Balaban J connectivity index is 1.06. The quantitative estimate of drug-likeness (QED) is 0.205. The van der Waals surface area contributed by atoms with Crippen LogP contribution in [0.5, 0.6) is 0 Å². The first-order valence-electron chi connectivity index (χ1n) is 16.1. The molecule has 0 fully saturated rings. The molecule has 10 rings (SSSR count). The summed E-state index contributed by atoms with van der Waals surface area (Å²) in [6.45, 7) is 0.673. The molecular formula is C44H28N2O. The lowest BCUT2D eigenvalue weighted by molar-refractivity contribution is 0.669. The summed E-state index contributed by atoms with van der Waals surface area (Å²) in [7, 11) is 0. The van der Waals surface area contributed by atoms with Crippen LogP contribution in [0.25, 0.3) is 76.5 Å². The third kappa shape index (κ3) is 4.10. The van der Waals surface area contributed by atoms with Crippen molar-refractivity contribution in [1.29, 1.82) is 0 Å². The van der Waals surface area contributed by atoms with E-state index in [4.69, 9.17) is 9.41 Å². The average molecular weight is 601 g/mol. The van der Waals surface area contributed by atoms with Crippen LogP contribution in [0.3, 0.4) is 0 Å². The summed E-state index contributed by atoms with van der Waals surface area (Å²) >= 11 is 0. The van der Waals surface area contributed by atoms with Gasteiger partial charge in [-0.3, -0.25) is 0 Å². The first kappa shape index (κ1) is 26.1. The van der Waals surface area contributed by atoms with Gasteiger partial charge in [0.15, 0.2) is 0 Å². The summed E-state index contributed by atoms with van der Waals surface area (Å²) in [5.41, 5.74) is 10.8. The van der Waals surface area contributed by atoms with Crippen molar-refractivity contribution >= 4 is 71.3 Å². The normalized spacial score (nSPS) is 12.9. The maximum Gasteiger partial charge on any atom is 0.136 e. The summed E-state index contributed by atoms with van der Waals surface area (Å²) in [6.07, 6.45) is 0. The molecule has 0 spiro atoms. The molecule has 0 amide bonds. The molecule has 1 aliphatic rings. The molecular weight excluding hydrogens is 572 g/mol. The summed E-state index contributed by atoms with van der Waals surface area (Å²) in [4.78, 5) is 5.31. The van der Waals surface area contributed by atoms with Gasteiger partial charge in [0, 0.05) is 21.5 Å². The van der Waals surface area contributed by atoms with E-state index >= 15 is 0 Å². The molecule has 1 aromatic heterocycles. The second kappa shape index (κ2) is 10.2. The van der Waals surface area contributed by atoms with Gasteiger partial charge in [-0.1, -0.05) is 121 Å². The summed E-state index contributed by atoms with van der Waals surface area (Å²) in [5.74, 6) is 0. The molecule has 3 heteroatoms. The SMILES string of the molecule is c1cc(C2=Nc3c(c4ccccc4c4ccccc34)NC2)cc(-c2cccc(-c3ccc4oc5ccc6ccccc6c5c4c3)c2)c1. The van der Waals surface area contributed by atoms with Gasteiger partial charge in [0.25, 0.3) is 0 Å². The van der Waals surface area contributed by atoms with Crippen LogP contribution in [0.1, 0.15) is 5.56 Å². The van der Waals surface area contributed by atoms with Crippen LogP contribution < -0.4 is 5.32 Å². The Morgan fingerprint density at radius 3 is 1.83 bits per heavy atom. The molecule has 1 N–H and O–H groups in total. The first-order valence-corrected chi connectivity index (χ1v) is 16.1. The lowest BCUT2D eigenvalue weighted by Crippen LogP contribution is -2.19. The number of nitrogens with zero attached hydrogens (tertiary/aromatic N) is 1. The lowest BCUT2D eigenvalue weighted by Gasteiger charge is -2.22.